The van der Waals surface area contributed by atoms with Gasteiger partial charge in [-0.3, -0.25) is 9.69 Å². The maximum absolute atomic E-state index is 12.5. The maximum Gasteiger partial charge on any atom is 0.227 e. The number of nitrogens with zero attached hydrogens (tertiary/aromatic N) is 2. The van der Waals surface area contributed by atoms with Gasteiger partial charge in [0.1, 0.15) is 5.75 Å². The molecule has 1 aliphatic carbocycles. The number of rotatable bonds is 6. The first-order valence-corrected chi connectivity index (χ1v) is 9.55. The third-order valence-corrected chi connectivity index (χ3v) is 5.37. The number of hydrogen-bond donors (Lipinski definition) is 0. The van der Waals surface area contributed by atoms with Crippen molar-refractivity contribution in [3.05, 3.63) is 41.5 Å². The molecule has 0 bridgehead atoms. The Morgan fingerprint density at radius 2 is 1.84 bits per heavy atom. The largest absolute Gasteiger partial charge is 0.497 e. The van der Waals surface area contributed by atoms with E-state index in [1.54, 1.807) is 12.7 Å². The summed E-state index contributed by atoms with van der Waals surface area (Å²) in [5, 5.41) is 0. The molecule has 4 heteroatoms. The van der Waals surface area contributed by atoms with Crippen molar-refractivity contribution in [3.8, 4) is 5.75 Å². The molecule has 1 saturated heterocycles. The van der Waals surface area contributed by atoms with Crippen LogP contribution in [0.15, 0.2) is 35.9 Å². The highest BCUT2D eigenvalue weighted by atomic mass is 16.5. The van der Waals surface area contributed by atoms with Crippen LogP contribution in [0.1, 0.15) is 37.7 Å². The van der Waals surface area contributed by atoms with Gasteiger partial charge in [0.25, 0.3) is 0 Å². The van der Waals surface area contributed by atoms with Crippen LogP contribution in [-0.2, 0) is 11.2 Å². The smallest absolute Gasteiger partial charge is 0.227 e. The van der Waals surface area contributed by atoms with Crippen molar-refractivity contribution in [2.45, 2.75) is 38.5 Å². The molecule has 1 heterocycles. The van der Waals surface area contributed by atoms with Crippen LogP contribution in [0.25, 0.3) is 0 Å². The van der Waals surface area contributed by atoms with Gasteiger partial charge in [-0.2, -0.15) is 0 Å². The lowest BCUT2D eigenvalue weighted by atomic mass is 9.97. The van der Waals surface area contributed by atoms with Gasteiger partial charge in [0, 0.05) is 32.7 Å². The van der Waals surface area contributed by atoms with Crippen molar-refractivity contribution in [2.24, 2.45) is 0 Å². The number of hydrogen-bond acceptors (Lipinski definition) is 3. The molecule has 0 atom stereocenters. The van der Waals surface area contributed by atoms with Crippen molar-refractivity contribution < 1.29 is 9.53 Å². The fourth-order valence-electron chi connectivity index (χ4n) is 3.68. The maximum atomic E-state index is 12.5. The molecule has 1 aromatic carbocycles. The Morgan fingerprint density at radius 1 is 1.08 bits per heavy atom. The zero-order chi connectivity index (χ0) is 17.5. The lowest BCUT2D eigenvalue weighted by Crippen LogP contribution is -2.49. The first-order chi connectivity index (χ1) is 12.2. The van der Waals surface area contributed by atoms with Crippen molar-refractivity contribution in [1.82, 2.24) is 9.80 Å². The molecule has 0 radical (unpaired) electrons. The summed E-state index contributed by atoms with van der Waals surface area (Å²) in [5.41, 5.74) is 2.70. The van der Waals surface area contributed by atoms with Crippen LogP contribution < -0.4 is 4.74 Å². The van der Waals surface area contributed by atoms with E-state index in [1.165, 1.54) is 32.1 Å². The number of ether oxygens (including phenoxy) is 1. The molecule has 1 aliphatic heterocycles. The Kier molecular flexibility index (Phi) is 6.51. The summed E-state index contributed by atoms with van der Waals surface area (Å²) in [6, 6.07) is 7.79. The molecule has 136 valence electrons. The number of piperazine rings is 1. The number of allylic oxidation sites excluding steroid dienone is 1. The molecular weight excluding hydrogens is 312 g/mol. The van der Waals surface area contributed by atoms with E-state index in [2.05, 4.69) is 11.0 Å². The average molecular weight is 342 g/mol. The third kappa shape index (κ3) is 5.33. The van der Waals surface area contributed by atoms with E-state index in [9.17, 15) is 4.79 Å². The predicted octanol–water partition coefficient (Wildman–Crippen LogP) is 3.27. The number of carbonyl (C=O) groups is 1. The molecule has 4 nitrogen and oxygen atoms in total. The molecular formula is C21H30N2O2. The summed E-state index contributed by atoms with van der Waals surface area (Å²) in [6.45, 7) is 4.86. The van der Waals surface area contributed by atoms with Gasteiger partial charge >= 0.3 is 0 Å². The zero-order valence-electron chi connectivity index (χ0n) is 15.4. The van der Waals surface area contributed by atoms with E-state index in [0.29, 0.717) is 6.42 Å². The van der Waals surface area contributed by atoms with Crippen molar-refractivity contribution in [2.75, 3.05) is 39.8 Å². The first kappa shape index (κ1) is 18.0. The van der Waals surface area contributed by atoms with Gasteiger partial charge < -0.3 is 9.64 Å². The van der Waals surface area contributed by atoms with Crippen LogP contribution in [0.4, 0.5) is 0 Å². The van der Waals surface area contributed by atoms with E-state index in [-0.39, 0.29) is 5.91 Å². The van der Waals surface area contributed by atoms with Gasteiger partial charge in [0.05, 0.1) is 13.5 Å². The van der Waals surface area contributed by atoms with Crippen LogP contribution in [0.5, 0.6) is 5.75 Å². The SMILES string of the molecule is COc1ccc(CC(=O)N2CCN(CCC3=CCCCC3)CC2)cc1. The fourth-order valence-corrected chi connectivity index (χ4v) is 3.68. The number of carbonyl (C=O) groups excluding carboxylic acids is 1. The number of amides is 1. The standard InChI is InChI=1S/C21H30N2O2/c1-25-20-9-7-19(8-10-20)17-21(24)23-15-13-22(14-16-23)12-11-18-5-3-2-4-6-18/h5,7-10H,2-4,6,11-17H2,1H3. The van der Waals surface area contributed by atoms with E-state index >= 15 is 0 Å². The van der Waals surface area contributed by atoms with E-state index in [1.807, 2.05) is 29.2 Å². The minimum Gasteiger partial charge on any atom is -0.497 e. The van der Waals surface area contributed by atoms with Gasteiger partial charge in [-0.15, -0.1) is 0 Å². The Balaban J connectivity index is 1.40. The van der Waals surface area contributed by atoms with E-state index in [0.717, 1.165) is 44.0 Å². The molecule has 0 N–H and O–H groups in total. The second-order valence-corrected chi connectivity index (χ2v) is 7.11. The van der Waals surface area contributed by atoms with Crippen LogP contribution >= 0.6 is 0 Å². The highest BCUT2D eigenvalue weighted by Crippen LogP contribution is 2.20. The summed E-state index contributed by atoms with van der Waals surface area (Å²) in [5.74, 6) is 1.07. The summed E-state index contributed by atoms with van der Waals surface area (Å²) in [6.07, 6.45) is 9.41. The van der Waals surface area contributed by atoms with Gasteiger partial charge in [-0.25, -0.2) is 0 Å². The van der Waals surface area contributed by atoms with E-state index < -0.39 is 0 Å². The molecule has 3 rings (SSSR count). The normalized spacial score (nSPS) is 18.8. The van der Waals surface area contributed by atoms with Gasteiger partial charge in [-0.1, -0.05) is 23.8 Å². The molecule has 25 heavy (non-hydrogen) atoms. The van der Waals surface area contributed by atoms with Crippen molar-refractivity contribution >= 4 is 5.91 Å². The van der Waals surface area contributed by atoms with Crippen LogP contribution in [0.2, 0.25) is 0 Å². The van der Waals surface area contributed by atoms with Crippen molar-refractivity contribution in [3.63, 3.8) is 0 Å². The molecule has 2 aliphatic rings. The molecule has 1 aromatic rings. The second-order valence-electron chi connectivity index (χ2n) is 7.11. The quantitative estimate of drug-likeness (QED) is 0.744. The topological polar surface area (TPSA) is 32.8 Å². The Hall–Kier alpha value is -1.81. The second kappa shape index (κ2) is 9.04. The molecule has 1 amide bonds. The zero-order valence-corrected chi connectivity index (χ0v) is 15.4. The summed E-state index contributed by atoms with van der Waals surface area (Å²) in [7, 11) is 1.66. The first-order valence-electron chi connectivity index (χ1n) is 9.55. The fraction of sp³-hybridized carbons (Fsp3) is 0.571. The van der Waals surface area contributed by atoms with Crippen LogP contribution in [0.3, 0.4) is 0 Å². The average Bonchev–Trinajstić information content (AvgIpc) is 2.68. The van der Waals surface area contributed by atoms with Gasteiger partial charge in [-0.05, 0) is 49.8 Å². The summed E-state index contributed by atoms with van der Waals surface area (Å²) in [4.78, 5) is 17.0. The van der Waals surface area contributed by atoms with Crippen LogP contribution in [-0.4, -0.2) is 55.5 Å². The third-order valence-electron chi connectivity index (χ3n) is 5.37. The molecule has 0 saturated carbocycles. The molecule has 0 aromatic heterocycles. The highest BCUT2D eigenvalue weighted by Gasteiger charge is 2.21. The lowest BCUT2D eigenvalue weighted by molar-refractivity contribution is -0.132. The minimum absolute atomic E-state index is 0.236. The highest BCUT2D eigenvalue weighted by molar-refractivity contribution is 5.78. The van der Waals surface area contributed by atoms with Gasteiger partial charge in [0.15, 0.2) is 0 Å². The molecule has 0 unspecified atom stereocenters. The van der Waals surface area contributed by atoms with E-state index in [4.69, 9.17) is 4.74 Å². The monoisotopic (exact) mass is 342 g/mol. The molecule has 1 fully saturated rings. The Morgan fingerprint density at radius 3 is 2.48 bits per heavy atom. The van der Waals surface area contributed by atoms with Crippen molar-refractivity contribution in [1.29, 1.82) is 0 Å². The minimum atomic E-state index is 0.236. The van der Waals surface area contributed by atoms with Crippen LogP contribution in [0, 0.1) is 0 Å². The Bertz CT molecular complexity index is 586. The lowest BCUT2D eigenvalue weighted by Gasteiger charge is -2.35. The number of methoxy groups -OCH3 is 1. The molecule has 0 spiro atoms. The summed E-state index contributed by atoms with van der Waals surface area (Å²) < 4.78 is 5.16. The predicted molar refractivity (Wildman–Crippen MR) is 101 cm³/mol. The summed E-state index contributed by atoms with van der Waals surface area (Å²) >= 11 is 0. The number of benzene rings is 1. The Labute approximate surface area is 151 Å². The van der Waals surface area contributed by atoms with Gasteiger partial charge in [0.2, 0.25) is 5.91 Å².